The van der Waals surface area contributed by atoms with Crippen molar-refractivity contribution in [3.8, 4) is 0 Å². The number of piperidine rings is 1. The minimum Gasteiger partial charge on any atom is -0.303 e. The Morgan fingerprint density at radius 2 is 2.06 bits per heavy atom. The van der Waals surface area contributed by atoms with E-state index >= 15 is 0 Å². The third-order valence-corrected chi connectivity index (χ3v) is 5.03. The molecule has 1 heterocycles. The molecule has 17 heavy (non-hydrogen) atoms. The molecule has 0 saturated carbocycles. The summed E-state index contributed by atoms with van der Waals surface area (Å²) in [5, 5.41) is 0. The Kier molecular flexibility index (Phi) is 5.05. The summed E-state index contributed by atoms with van der Waals surface area (Å²) in [6.07, 6.45) is 3.79. The normalized spacial score (nSPS) is 26.0. The van der Waals surface area contributed by atoms with Gasteiger partial charge in [0.1, 0.15) is 0 Å². The highest BCUT2D eigenvalue weighted by atomic mass is 79.9. The number of nitrogens with zero attached hydrogens (tertiary/aromatic N) is 1. The van der Waals surface area contributed by atoms with Crippen LogP contribution in [-0.2, 0) is 6.42 Å². The van der Waals surface area contributed by atoms with Gasteiger partial charge in [0.25, 0.3) is 0 Å². The first-order valence-electron chi connectivity index (χ1n) is 6.66. The number of halogens is 1. The van der Waals surface area contributed by atoms with E-state index in [2.05, 4.69) is 58.1 Å². The summed E-state index contributed by atoms with van der Waals surface area (Å²) in [5.41, 5.74) is 1.47. The number of alkyl halides is 1. The Labute approximate surface area is 113 Å². The van der Waals surface area contributed by atoms with Gasteiger partial charge < -0.3 is 4.90 Å². The molecule has 94 valence electrons. The molecule has 2 atom stereocenters. The van der Waals surface area contributed by atoms with Gasteiger partial charge in [-0.05, 0) is 43.8 Å². The van der Waals surface area contributed by atoms with Crippen molar-refractivity contribution in [2.75, 3.05) is 19.6 Å². The van der Waals surface area contributed by atoms with Crippen molar-refractivity contribution in [2.45, 2.75) is 31.0 Å². The first kappa shape index (κ1) is 13.1. The van der Waals surface area contributed by atoms with E-state index in [0.717, 1.165) is 10.7 Å². The average Bonchev–Trinajstić information content (AvgIpc) is 2.35. The van der Waals surface area contributed by atoms with E-state index < -0.39 is 0 Å². The average molecular weight is 296 g/mol. The Bertz CT molecular complexity index is 325. The molecule has 1 aliphatic heterocycles. The van der Waals surface area contributed by atoms with Crippen LogP contribution in [0.4, 0.5) is 0 Å². The summed E-state index contributed by atoms with van der Waals surface area (Å²) >= 11 is 3.76. The topological polar surface area (TPSA) is 3.24 Å². The summed E-state index contributed by atoms with van der Waals surface area (Å²) in [6, 6.07) is 10.8. The number of aryl methyl sites for hydroxylation is 1. The molecule has 0 amide bonds. The summed E-state index contributed by atoms with van der Waals surface area (Å²) < 4.78 is 0. The summed E-state index contributed by atoms with van der Waals surface area (Å²) in [4.78, 5) is 3.35. The predicted molar refractivity (Wildman–Crippen MR) is 77.7 cm³/mol. The SMILES string of the molecule is CC1CN(CCCc2ccccc2)CCC1Br. The standard InChI is InChI=1S/C15H22BrN/c1-13-12-17(11-9-15(13)16)10-5-8-14-6-3-2-4-7-14/h2-4,6-7,13,15H,5,8-12H2,1H3. The predicted octanol–water partition coefficient (Wildman–Crippen LogP) is 3.72. The lowest BCUT2D eigenvalue weighted by atomic mass is 9.99. The van der Waals surface area contributed by atoms with E-state index in [1.807, 2.05) is 0 Å². The molecular formula is C15H22BrN. The molecule has 2 unspecified atom stereocenters. The molecule has 0 N–H and O–H groups in total. The van der Waals surface area contributed by atoms with E-state index in [0.29, 0.717) is 0 Å². The molecule has 0 aliphatic carbocycles. The van der Waals surface area contributed by atoms with Gasteiger partial charge in [-0.2, -0.15) is 0 Å². The summed E-state index contributed by atoms with van der Waals surface area (Å²) in [7, 11) is 0. The van der Waals surface area contributed by atoms with E-state index in [1.54, 1.807) is 0 Å². The maximum absolute atomic E-state index is 3.76. The van der Waals surface area contributed by atoms with Crippen LogP contribution in [0.5, 0.6) is 0 Å². The highest BCUT2D eigenvalue weighted by Crippen LogP contribution is 2.23. The third kappa shape index (κ3) is 4.11. The molecule has 1 aliphatic rings. The minimum absolute atomic E-state index is 0.730. The smallest absolute Gasteiger partial charge is 0.0195 e. The third-order valence-electron chi connectivity index (χ3n) is 3.67. The molecule has 0 spiro atoms. The molecule has 1 aromatic carbocycles. The van der Waals surface area contributed by atoms with Gasteiger partial charge in [0, 0.05) is 11.4 Å². The first-order valence-corrected chi connectivity index (χ1v) is 7.57. The van der Waals surface area contributed by atoms with Crippen molar-refractivity contribution < 1.29 is 0 Å². The largest absolute Gasteiger partial charge is 0.303 e. The Morgan fingerprint density at radius 3 is 2.76 bits per heavy atom. The lowest BCUT2D eigenvalue weighted by Gasteiger charge is -2.34. The van der Waals surface area contributed by atoms with E-state index in [9.17, 15) is 0 Å². The van der Waals surface area contributed by atoms with Crippen molar-refractivity contribution in [2.24, 2.45) is 5.92 Å². The quantitative estimate of drug-likeness (QED) is 0.765. The molecular weight excluding hydrogens is 274 g/mol. The van der Waals surface area contributed by atoms with Crippen LogP contribution in [0.15, 0.2) is 30.3 Å². The van der Waals surface area contributed by atoms with Crippen LogP contribution in [-0.4, -0.2) is 29.4 Å². The molecule has 0 bridgehead atoms. The Hall–Kier alpha value is -0.340. The highest BCUT2D eigenvalue weighted by molar-refractivity contribution is 9.09. The van der Waals surface area contributed by atoms with Crippen molar-refractivity contribution in [3.05, 3.63) is 35.9 Å². The van der Waals surface area contributed by atoms with Crippen LogP contribution in [0.25, 0.3) is 0 Å². The number of hydrogen-bond donors (Lipinski definition) is 0. The van der Waals surface area contributed by atoms with Crippen LogP contribution in [0.1, 0.15) is 25.3 Å². The van der Waals surface area contributed by atoms with Crippen molar-refractivity contribution >= 4 is 15.9 Å². The lowest BCUT2D eigenvalue weighted by Crippen LogP contribution is -2.40. The number of rotatable bonds is 4. The molecule has 1 saturated heterocycles. The molecule has 2 rings (SSSR count). The van der Waals surface area contributed by atoms with Crippen molar-refractivity contribution in [1.29, 1.82) is 0 Å². The fraction of sp³-hybridized carbons (Fsp3) is 0.600. The second-order valence-corrected chi connectivity index (χ2v) is 6.35. The highest BCUT2D eigenvalue weighted by Gasteiger charge is 2.23. The van der Waals surface area contributed by atoms with E-state index in [4.69, 9.17) is 0 Å². The van der Waals surface area contributed by atoms with E-state index in [1.165, 1.54) is 44.5 Å². The van der Waals surface area contributed by atoms with Gasteiger partial charge in [-0.3, -0.25) is 0 Å². The maximum Gasteiger partial charge on any atom is 0.0195 e. The summed E-state index contributed by atoms with van der Waals surface area (Å²) in [5.74, 6) is 0.792. The number of likely N-dealkylation sites (tertiary alicyclic amines) is 1. The van der Waals surface area contributed by atoms with Crippen LogP contribution >= 0.6 is 15.9 Å². The lowest BCUT2D eigenvalue weighted by molar-refractivity contribution is 0.189. The first-order chi connectivity index (χ1) is 8.25. The van der Waals surface area contributed by atoms with Gasteiger partial charge in [-0.1, -0.05) is 53.2 Å². The van der Waals surface area contributed by atoms with Crippen molar-refractivity contribution in [3.63, 3.8) is 0 Å². The zero-order valence-corrected chi connectivity index (χ0v) is 12.2. The second-order valence-electron chi connectivity index (χ2n) is 5.17. The van der Waals surface area contributed by atoms with E-state index in [-0.39, 0.29) is 0 Å². The van der Waals surface area contributed by atoms with Gasteiger partial charge in [-0.25, -0.2) is 0 Å². The number of benzene rings is 1. The monoisotopic (exact) mass is 295 g/mol. The molecule has 1 fully saturated rings. The van der Waals surface area contributed by atoms with Crippen LogP contribution < -0.4 is 0 Å². The molecule has 0 aromatic heterocycles. The Morgan fingerprint density at radius 1 is 1.29 bits per heavy atom. The molecule has 1 aromatic rings. The zero-order valence-electron chi connectivity index (χ0n) is 10.6. The molecule has 2 heteroatoms. The fourth-order valence-electron chi connectivity index (χ4n) is 2.56. The van der Waals surface area contributed by atoms with Gasteiger partial charge in [0.05, 0.1) is 0 Å². The van der Waals surface area contributed by atoms with Crippen LogP contribution in [0, 0.1) is 5.92 Å². The summed E-state index contributed by atoms with van der Waals surface area (Å²) in [6.45, 7) is 6.11. The van der Waals surface area contributed by atoms with Gasteiger partial charge in [-0.15, -0.1) is 0 Å². The second kappa shape index (κ2) is 6.55. The van der Waals surface area contributed by atoms with Crippen LogP contribution in [0.3, 0.4) is 0 Å². The molecule has 0 radical (unpaired) electrons. The molecule has 1 nitrogen and oxygen atoms in total. The van der Waals surface area contributed by atoms with Crippen molar-refractivity contribution in [1.82, 2.24) is 4.90 Å². The van der Waals surface area contributed by atoms with Gasteiger partial charge in [0.2, 0.25) is 0 Å². The fourth-order valence-corrected chi connectivity index (χ4v) is 2.93. The number of hydrogen-bond acceptors (Lipinski definition) is 1. The van der Waals surface area contributed by atoms with Crippen LogP contribution in [0.2, 0.25) is 0 Å². The maximum atomic E-state index is 3.76. The Balaban J connectivity index is 1.69. The van der Waals surface area contributed by atoms with Gasteiger partial charge in [0.15, 0.2) is 0 Å². The minimum atomic E-state index is 0.730. The van der Waals surface area contributed by atoms with Gasteiger partial charge >= 0.3 is 0 Å². The zero-order chi connectivity index (χ0) is 12.1.